The first kappa shape index (κ1) is 19.7. The third kappa shape index (κ3) is 4.22. The molecule has 8 heteroatoms. The minimum Gasteiger partial charge on any atom is -0.452 e. The standard InChI is InChI=1S/C21H12BrClO5S/c22-14-3-1-2-13(10-14)11-20-21(24)18-9-6-16(12-19(18)27-20)28-29(25,26)17-7-4-15(23)5-8-17/h1-12H/b20-11-. The van der Waals surface area contributed by atoms with Gasteiger partial charge in [-0.2, -0.15) is 8.42 Å². The molecule has 0 amide bonds. The molecule has 3 aromatic rings. The number of hydrogen-bond acceptors (Lipinski definition) is 5. The number of benzene rings is 3. The van der Waals surface area contributed by atoms with Crippen molar-refractivity contribution in [3.63, 3.8) is 0 Å². The Morgan fingerprint density at radius 2 is 1.76 bits per heavy atom. The second-order valence-electron chi connectivity index (χ2n) is 6.14. The Kier molecular flexibility index (Phi) is 5.21. The Morgan fingerprint density at radius 3 is 2.48 bits per heavy atom. The summed E-state index contributed by atoms with van der Waals surface area (Å²) in [5.74, 6) is 0.137. The molecule has 29 heavy (non-hydrogen) atoms. The number of ether oxygens (including phenoxy) is 1. The van der Waals surface area contributed by atoms with Gasteiger partial charge in [0.05, 0.1) is 5.56 Å². The molecule has 0 spiro atoms. The number of rotatable bonds is 4. The number of halogens is 2. The summed E-state index contributed by atoms with van der Waals surface area (Å²) in [6, 6.07) is 17.3. The number of ketones is 1. The van der Waals surface area contributed by atoms with Crippen molar-refractivity contribution >= 4 is 49.5 Å². The van der Waals surface area contributed by atoms with E-state index in [4.69, 9.17) is 20.5 Å². The smallest absolute Gasteiger partial charge is 0.339 e. The molecule has 0 unspecified atom stereocenters. The zero-order valence-electron chi connectivity index (χ0n) is 14.6. The van der Waals surface area contributed by atoms with Crippen molar-refractivity contribution in [1.82, 2.24) is 0 Å². The lowest BCUT2D eigenvalue weighted by Crippen LogP contribution is -2.09. The summed E-state index contributed by atoms with van der Waals surface area (Å²) in [7, 11) is -4.05. The van der Waals surface area contributed by atoms with E-state index in [1.807, 2.05) is 24.3 Å². The van der Waals surface area contributed by atoms with Gasteiger partial charge in [-0.1, -0.05) is 39.7 Å². The monoisotopic (exact) mass is 490 g/mol. The fourth-order valence-corrected chi connectivity index (χ4v) is 4.21. The average Bonchev–Trinajstić information content (AvgIpc) is 2.97. The van der Waals surface area contributed by atoms with E-state index >= 15 is 0 Å². The van der Waals surface area contributed by atoms with Crippen LogP contribution in [0.4, 0.5) is 0 Å². The minimum atomic E-state index is -4.05. The molecule has 0 saturated heterocycles. The molecule has 1 aliphatic heterocycles. The fraction of sp³-hybridized carbons (Fsp3) is 0. The van der Waals surface area contributed by atoms with Crippen LogP contribution in [0.5, 0.6) is 11.5 Å². The second kappa shape index (κ2) is 7.67. The Bertz CT molecular complexity index is 1250. The Balaban J connectivity index is 1.60. The molecular weight excluding hydrogens is 480 g/mol. The molecule has 0 fully saturated rings. The van der Waals surface area contributed by atoms with Gasteiger partial charge in [-0.05, 0) is 60.2 Å². The van der Waals surface area contributed by atoms with Crippen molar-refractivity contribution in [3.05, 3.63) is 93.1 Å². The largest absolute Gasteiger partial charge is 0.452 e. The summed E-state index contributed by atoms with van der Waals surface area (Å²) < 4.78 is 36.5. The topological polar surface area (TPSA) is 69.7 Å². The number of carbonyl (C=O) groups is 1. The van der Waals surface area contributed by atoms with Gasteiger partial charge in [0.1, 0.15) is 16.4 Å². The fourth-order valence-electron chi connectivity index (χ4n) is 2.74. The van der Waals surface area contributed by atoms with Gasteiger partial charge in [-0.3, -0.25) is 4.79 Å². The van der Waals surface area contributed by atoms with Crippen LogP contribution in [0.2, 0.25) is 5.02 Å². The molecule has 146 valence electrons. The highest BCUT2D eigenvalue weighted by Crippen LogP contribution is 2.35. The molecular formula is C21H12BrClO5S. The van der Waals surface area contributed by atoms with Crippen LogP contribution < -0.4 is 8.92 Å². The van der Waals surface area contributed by atoms with Gasteiger partial charge in [-0.25, -0.2) is 0 Å². The lowest BCUT2D eigenvalue weighted by Gasteiger charge is -2.08. The molecule has 0 aliphatic carbocycles. The maximum Gasteiger partial charge on any atom is 0.339 e. The van der Waals surface area contributed by atoms with Crippen LogP contribution in [0.1, 0.15) is 15.9 Å². The molecule has 3 aromatic carbocycles. The van der Waals surface area contributed by atoms with Crippen LogP contribution in [0.15, 0.2) is 81.9 Å². The third-order valence-electron chi connectivity index (χ3n) is 4.10. The van der Waals surface area contributed by atoms with Crippen LogP contribution in [0.3, 0.4) is 0 Å². The van der Waals surface area contributed by atoms with E-state index in [-0.39, 0.29) is 27.9 Å². The molecule has 1 heterocycles. The molecule has 0 N–H and O–H groups in total. The predicted molar refractivity (Wildman–Crippen MR) is 113 cm³/mol. The summed E-state index contributed by atoms with van der Waals surface area (Å²) >= 11 is 9.17. The van der Waals surface area contributed by atoms with Crippen LogP contribution in [0.25, 0.3) is 6.08 Å². The SMILES string of the molecule is O=C1/C(=C/c2cccc(Br)c2)Oc2cc(OS(=O)(=O)c3ccc(Cl)cc3)ccc21. The van der Waals surface area contributed by atoms with E-state index < -0.39 is 10.1 Å². The van der Waals surface area contributed by atoms with Crippen LogP contribution in [-0.2, 0) is 10.1 Å². The van der Waals surface area contributed by atoms with Crippen LogP contribution in [0, 0.1) is 0 Å². The first-order valence-electron chi connectivity index (χ1n) is 8.36. The number of carbonyl (C=O) groups excluding carboxylic acids is 1. The second-order valence-corrected chi connectivity index (χ2v) is 9.04. The van der Waals surface area contributed by atoms with Crippen molar-refractivity contribution < 1.29 is 22.1 Å². The van der Waals surface area contributed by atoms with Gasteiger partial charge >= 0.3 is 10.1 Å². The van der Waals surface area contributed by atoms with Crippen molar-refractivity contribution in [2.24, 2.45) is 0 Å². The van der Waals surface area contributed by atoms with Crippen LogP contribution in [-0.4, -0.2) is 14.2 Å². The van der Waals surface area contributed by atoms with E-state index in [0.29, 0.717) is 10.6 Å². The lowest BCUT2D eigenvalue weighted by molar-refractivity contribution is 0.101. The highest BCUT2D eigenvalue weighted by Gasteiger charge is 2.28. The first-order chi connectivity index (χ1) is 13.8. The molecule has 0 bridgehead atoms. The normalized spacial score (nSPS) is 14.6. The first-order valence-corrected chi connectivity index (χ1v) is 10.9. The maximum absolute atomic E-state index is 12.6. The van der Waals surface area contributed by atoms with Crippen molar-refractivity contribution in [1.29, 1.82) is 0 Å². The molecule has 0 saturated carbocycles. The summed E-state index contributed by atoms with van der Waals surface area (Å²) in [4.78, 5) is 12.5. The van der Waals surface area contributed by atoms with Gasteiger partial charge in [0, 0.05) is 15.6 Å². The van der Waals surface area contributed by atoms with Gasteiger partial charge < -0.3 is 8.92 Å². The Morgan fingerprint density at radius 1 is 1.00 bits per heavy atom. The molecule has 0 aromatic heterocycles. The van der Waals surface area contributed by atoms with Crippen molar-refractivity contribution in [3.8, 4) is 11.5 Å². The minimum absolute atomic E-state index is 0.0327. The van der Waals surface area contributed by atoms with Gasteiger partial charge in [-0.15, -0.1) is 0 Å². The van der Waals surface area contributed by atoms with E-state index in [1.165, 1.54) is 42.5 Å². The van der Waals surface area contributed by atoms with E-state index in [2.05, 4.69) is 15.9 Å². The van der Waals surface area contributed by atoms with Gasteiger partial charge in [0.15, 0.2) is 5.76 Å². The molecule has 0 radical (unpaired) electrons. The van der Waals surface area contributed by atoms with E-state index in [1.54, 1.807) is 6.08 Å². The average molecular weight is 492 g/mol. The lowest BCUT2D eigenvalue weighted by atomic mass is 10.1. The number of allylic oxidation sites excluding steroid dienone is 1. The number of Topliss-reactive ketones (excluding diaryl/α,β-unsaturated/α-hetero) is 1. The quantitative estimate of drug-likeness (QED) is 0.357. The predicted octanol–water partition coefficient (Wildman–Crippen LogP) is 5.49. The van der Waals surface area contributed by atoms with Crippen molar-refractivity contribution in [2.45, 2.75) is 4.90 Å². The number of fused-ring (bicyclic) bond motifs is 1. The maximum atomic E-state index is 12.6. The van der Waals surface area contributed by atoms with Gasteiger partial charge in [0.2, 0.25) is 5.78 Å². The highest BCUT2D eigenvalue weighted by molar-refractivity contribution is 9.10. The summed E-state index contributed by atoms with van der Waals surface area (Å²) in [5, 5.41) is 0.415. The molecule has 5 nitrogen and oxygen atoms in total. The Hall–Kier alpha value is -2.61. The zero-order chi connectivity index (χ0) is 20.6. The molecule has 4 rings (SSSR count). The summed E-state index contributed by atoms with van der Waals surface area (Å²) in [5.41, 5.74) is 1.12. The third-order valence-corrected chi connectivity index (χ3v) is 6.10. The Labute approximate surface area is 180 Å². The van der Waals surface area contributed by atoms with E-state index in [0.717, 1.165) is 10.0 Å². The highest BCUT2D eigenvalue weighted by atomic mass is 79.9. The number of hydrogen-bond donors (Lipinski definition) is 0. The summed E-state index contributed by atoms with van der Waals surface area (Å²) in [6.07, 6.45) is 1.62. The van der Waals surface area contributed by atoms with Gasteiger partial charge in [0.25, 0.3) is 0 Å². The van der Waals surface area contributed by atoms with E-state index in [9.17, 15) is 13.2 Å². The van der Waals surface area contributed by atoms with Crippen LogP contribution >= 0.6 is 27.5 Å². The van der Waals surface area contributed by atoms with Crippen molar-refractivity contribution in [2.75, 3.05) is 0 Å². The molecule has 0 atom stereocenters. The summed E-state index contributed by atoms with van der Waals surface area (Å²) in [6.45, 7) is 0. The zero-order valence-corrected chi connectivity index (χ0v) is 17.8. The molecule has 1 aliphatic rings.